The van der Waals surface area contributed by atoms with Gasteiger partial charge in [-0.25, -0.2) is 9.18 Å². The third-order valence-corrected chi connectivity index (χ3v) is 3.26. The van der Waals surface area contributed by atoms with E-state index in [1.165, 1.54) is 4.90 Å². The number of nitrogens with zero attached hydrogens (tertiary/aromatic N) is 1. The molecule has 1 aliphatic heterocycles. The van der Waals surface area contributed by atoms with Gasteiger partial charge in [-0.3, -0.25) is 0 Å². The molecule has 2 N–H and O–H groups in total. The van der Waals surface area contributed by atoms with Crippen LogP contribution in [0.3, 0.4) is 0 Å². The minimum Gasteiger partial charge on any atom is -0.444 e. The van der Waals surface area contributed by atoms with Gasteiger partial charge in [-0.05, 0) is 38.5 Å². The molecule has 2 atom stereocenters. The van der Waals surface area contributed by atoms with Crippen molar-refractivity contribution < 1.29 is 13.9 Å². The van der Waals surface area contributed by atoms with Crippen LogP contribution in [0.25, 0.3) is 0 Å². The second kappa shape index (κ2) is 5.31. The molecule has 1 fully saturated rings. The fourth-order valence-electron chi connectivity index (χ4n) is 2.30. The summed E-state index contributed by atoms with van der Waals surface area (Å²) in [5, 5.41) is 0. The Morgan fingerprint density at radius 2 is 1.90 bits per heavy atom. The molecular formula is C15H21FN2O2. The first-order valence-corrected chi connectivity index (χ1v) is 6.74. The number of carbonyl (C=O) groups is 1. The maximum absolute atomic E-state index is 14.1. The van der Waals surface area contributed by atoms with Gasteiger partial charge in [0.05, 0.1) is 6.54 Å². The molecule has 0 aromatic heterocycles. The average molecular weight is 280 g/mol. The molecule has 20 heavy (non-hydrogen) atoms. The summed E-state index contributed by atoms with van der Waals surface area (Å²) >= 11 is 0. The van der Waals surface area contributed by atoms with Gasteiger partial charge >= 0.3 is 6.09 Å². The molecule has 1 saturated heterocycles. The third-order valence-electron chi connectivity index (χ3n) is 3.26. The van der Waals surface area contributed by atoms with Gasteiger partial charge in [-0.2, -0.15) is 0 Å². The lowest BCUT2D eigenvalue weighted by Crippen LogP contribution is -2.35. The van der Waals surface area contributed by atoms with Crippen LogP contribution in [0.4, 0.5) is 14.9 Å². The zero-order valence-electron chi connectivity index (χ0n) is 12.1. The van der Waals surface area contributed by atoms with E-state index in [2.05, 4.69) is 0 Å². The molecule has 110 valence electrons. The van der Waals surface area contributed by atoms with Gasteiger partial charge in [0.15, 0.2) is 0 Å². The van der Waals surface area contributed by atoms with Crippen molar-refractivity contribution in [2.24, 2.45) is 0 Å². The van der Waals surface area contributed by atoms with Crippen molar-refractivity contribution in [2.45, 2.75) is 38.5 Å². The number of hydrogen-bond acceptors (Lipinski definition) is 3. The lowest BCUT2D eigenvalue weighted by molar-refractivity contribution is 0.0283. The van der Waals surface area contributed by atoms with Crippen LogP contribution in [-0.4, -0.2) is 35.9 Å². The molecule has 1 aromatic carbocycles. The SMILES string of the molecule is CC(C)(C)OC(=O)N1C[C@@H](F)[C@@H](c2ccc(N)cc2)C1. The smallest absolute Gasteiger partial charge is 0.410 e. The van der Waals surface area contributed by atoms with Crippen molar-refractivity contribution in [1.29, 1.82) is 0 Å². The number of nitrogens with two attached hydrogens (primary N) is 1. The molecule has 5 heteroatoms. The van der Waals surface area contributed by atoms with Crippen LogP contribution < -0.4 is 5.73 Å². The van der Waals surface area contributed by atoms with Crippen LogP contribution in [0.15, 0.2) is 24.3 Å². The van der Waals surface area contributed by atoms with Gasteiger partial charge in [0.2, 0.25) is 0 Å². The van der Waals surface area contributed by atoms with Crippen LogP contribution in [-0.2, 0) is 4.74 Å². The fourth-order valence-corrected chi connectivity index (χ4v) is 2.30. The summed E-state index contributed by atoms with van der Waals surface area (Å²) in [5.74, 6) is -0.317. The summed E-state index contributed by atoms with van der Waals surface area (Å²) in [6, 6.07) is 7.12. The molecule has 1 amide bonds. The minimum atomic E-state index is -1.08. The molecule has 1 aliphatic rings. The highest BCUT2D eigenvalue weighted by Crippen LogP contribution is 2.31. The van der Waals surface area contributed by atoms with E-state index in [-0.39, 0.29) is 12.5 Å². The van der Waals surface area contributed by atoms with E-state index >= 15 is 0 Å². The van der Waals surface area contributed by atoms with E-state index in [4.69, 9.17) is 10.5 Å². The number of likely N-dealkylation sites (tertiary alicyclic amines) is 1. The second-order valence-corrected chi connectivity index (χ2v) is 6.17. The number of carbonyl (C=O) groups excluding carboxylic acids is 1. The quantitative estimate of drug-likeness (QED) is 0.805. The highest BCUT2D eigenvalue weighted by atomic mass is 19.1. The molecule has 1 aromatic rings. The Kier molecular flexibility index (Phi) is 3.88. The van der Waals surface area contributed by atoms with Crippen molar-refractivity contribution in [3.8, 4) is 0 Å². The Balaban J connectivity index is 2.05. The number of benzene rings is 1. The molecule has 0 unspecified atom stereocenters. The van der Waals surface area contributed by atoms with Crippen LogP contribution in [0.2, 0.25) is 0 Å². The van der Waals surface area contributed by atoms with Gasteiger partial charge in [-0.15, -0.1) is 0 Å². The van der Waals surface area contributed by atoms with E-state index in [1.54, 1.807) is 32.9 Å². The molecule has 0 aliphatic carbocycles. The van der Waals surface area contributed by atoms with Gasteiger partial charge in [0.25, 0.3) is 0 Å². The van der Waals surface area contributed by atoms with Crippen molar-refractivity contribution in [3.63, 3.8) is 0 Å². The normalized spacial score (nSPS) is 22.9. The van der Waals surface area contributed by atoms with E-state index in [0.29, 0.717) is 12.2 Å². The van der Waals surface area contributed by atoms with Crippen LogP contribution in [0.5, 0.6) is 0 Å². The molecule has 1 heterocycles. The van der Waals surface area contributed by atoms with Crippen molar-refractivity contribution in [1.82, 2.24) is 4.90 Å². The first-order valence-electron chi connectivity index (χ1n) is 6.74. The van der Waals surface area contributed by atoms with Crippen LogP contribution in [0.1, 0.15) is 32.3 Å². The Morgan fingerprint density at radius 1 is 1.30 bits per heavy atom. The fraction of sp³-hybridized carbons (Fsp3) is 0.533. The number of nitrogen functional groups attached to an aromatic ring is 1. The number of anilines is 1. The highest BCUT2D eigenvalue weighted by molar-refractivity contribution is 5.69. The second-order valence-electron chi connectivity index (χ2n) is 6.17. The van der Waals surface area contributed by atoms with Gasteiger partial charge in [-0.1, -0.05) is 12.1 Å². The molecule has 2 rings (SSSR count). The Hall–Kier alpha value is -1.78. The minimum absolute atomic E-state index is 0.0734. The Morgan fingerprint density at radius 3 is 2.45 bits per heavy atom. The van der Waals surface area contributed by atoms with Gasteiger partial charge < -0.3 is 15.4 Å². The molecular weight excluding hydrogens is 259 g/mol. The topological polar surface area (TPSA) is 55.6 Å². The summed E-state index contributed by atoms with van der Waals surface area (Å²) in [6.07, 6.45) is -1.54. The first kappa shape index (κ1) is 14.6. The molecule has 0 radical (unpaired) electrons. The predicted octanol–water partition coefficient (Wildman–Crippen LogP) is 2.94. The lowest BCUT2D eigenvalue weighted by atomic mass is 9.97. The number of hydrogen-bond donors (Lipinski definition) is 1. The lowest BCUT2D eigenvalue weighted by Gasteiger charge is -2.24. The largest absolute Gasteiger partial charge is 0.444 e. The number of amides is 1. The third kappa shape index (κ3) is 3.40. The predicted molar refractivity (Wildman–Crippen MR) is 76.3 cm³/mol. The number of ether oxygens (including phenoxy) is 1. The molecule has 0 bridgehead atoms. The summed E-state index contributed by atoms with van der Waals surface area (Å²) in [5.41, 5.74) is 6.56. The van der Waals surface area contributed by atoms with E-state index in [1.807, 2.05) is 12.1 Å². The summed E-state index contributed by atoms with van der Waals surface area (Å²) < 4.78 is 19.4. The summed E-state index contributed by atoms with van der Waals surface area (Å²) in [4.78, 5) is 13.4. The van der Waals surface area contributed by atoms with Crippen molar-refractivity contribution in [3.05, 3.63) is 29.8 Å². The first-order chi connectivity index (χ1) is 9.26. The van der Waals surface area contributed by atoms with Gasteiger partial charge in [0, 0.05) is 18.2 Å². The summed E-state index contributed by atoms with van der Waals surface area (Å²) in [7, 11) is 0. The van der Waals surface area contributed by atoms with E-state index in [9.17, 15) is 9.18 Å². The zero-order valence-corrected chi connectivity index (χ0v) is 12.1. The number of alkyl halides is 1. The molecule has 4 nitrogen and oxygen atoms in total. The Bertz CT molecular complexity index is 482. The number of halogens is 1. The Labute approximate surface area is 118 Å². The zero-order chi connectivity index (χ0) is 14.9. The highest BCUT2D eigenvalue weighted by Gasteiger charge is 2.38. The standard InChI is InChI=1S/C15H21FN2O2/c1-15(2,3)20-14(19)18-8-12(13(16)9-18)10-4-6-11(17)7-5-10/h4-7,12-13H,8-9,17H2,1-3H3/t12-,13-/m1/s1. The van der Waals surface area contributed by atoms with E-state index in [0.717, 1.165) is 5.56 Å². The maximum atomic E-state index is 14.1. The monoisotopic (exact) mass is 280 g/mol. The van der Waals surface area contributed by atoms with Crippen LogP contribution >= 0.6 is 0 Å². The van der Waals surface area contributed by atoms with Crippen molar-refractivity contribution in [2.75, 3.05) is 18.8 Å². The van der Waals surface area contributed by atoms with Gasteiger partial charge in [0.1, 0.15) is 11.8 Å². The van der Waals surface area contributed by atoms with E-state index < -0.39 is 17.9 Å². The summed E-state index contributed by atoms with van der Waals surface area (Å²) in [6.45, 7) is 5.80. The van der Waals surface area contributed by atoms with Crippen LogP contribution in [0, 0.1) is 0 Å². The average Bonchev–Trinajstić information content (AvgIpc) is 2.70. The maximum Gasteiger partial charge on any atom is 0.410 e. The molecule has 0 saturated carbocycles. The van der Waals surface area contributed by atoms with Crippen molar-refractivity contribution >= 4 is 11.8 Å². The molecule has 0 spiro atoms. The number of rotatable bonds is 1.